The third kappa shape index (κ3) is 4.52. The van der Waals surface area contributed by atoms with Crippen LogP contribution in [0.2, 0.25) is 0 Å². The molecule has 0 saturated heterocycles. The van der Waals surface area contributed by atoms with Crippen LogP contribution in [0.1, 0.15) is 73.2 Å². The van der Waals surface area contributed by atoms with E-state index in [-0.39, 0.29) is 18.5 Å². The summed E-state index contributed by atoms with van der Waals surface area (Å²) in [5.74, 6) is -2.88. The van der Waals surface area contributed by atoms with Crippen molar-refractivity contribution in [2.75, 3.05) is 6.67 Å². The molecule has 2 fully saturated rings. The summed E-state index contributed by atoms with van der Waals surface area (Å²) in [7, 11) is 0. The third-order valence-corrected chi connectivity index (χ3v) is 6.53. The van der Waals surface area contributed by atoms with Crippen LogP contribution in [0.4, 0.5) is 22.0 Å². The van der Waals surface area contributed by atoms with Crippen molar-refractivity contribution in [2.24, 2.45) is 17.8 Å². The van der Waals surface area contributed by atoms with E-state index < -0.39 is 29.4 Å². The second kappa shape index (κ2) is 8.70. The summed E-state index contributed by atoms with van der Waals surface area (Å²) in [6.45, 7) is -0.235. The molecule has 6 heteroatoms. The van der Waals surface area contributed by atoms with Gasteiger partial charge in [0.2, 0.25) is 5.78 Å². The number of hydrogen-bond acceptors (Lipinski definition) is 1. The Hall–Kier alpha value is -1.46. The molecule has 1 aromatic carbocycles. The topological polar surface area (TPSA) is 17.1 Å². The zero-order valence-electron chi connectivity index (χ0n) is 15.2. The van der Waals surface area contributed by atoms with Gasteiger partial charge in [-0.2, -0.15) is 0 Å². The first-order valence-corrected chi connectivity index (χ1v) is 9.78. The highest BCUT2D eigenvalue weighted by Crippen LogP contribution is 2.44. The molecule has 0 spiro atoms. The van der Waals surface area contributed by atoms with Crippen LogP contribution >= 0.6 is 0 Å². The number of carbonyl (C=O) groups excluding carboxylic acids is 1. The molecule has 27 heavy (non-hydrogen) atoms. The Morgan fingerprint density at radius 1 is 0.889 bits per heavy atom. The predicted octanol–water partition coefficient (Wildman–Crippen LogP) is 6.46. The minimum atomic E-state index is -3.43. The van der Waals surface area contributed by atoms with E-state index >= 15 is 0 Å². The number of carbonyl (C=O) groups is 1. The number of benzene rings is 1. The van der Waals surface area contributed by atoms with Gasteiger partial charge >= 0.3 is 6.43 Å². The van der Waals surface area contributed by atoms with Gasteiger partial charge in [0, 0.05) is 0 Å². The number of Topliss-reactive ketones (excluding diaryl/α,β-unsaturated/α-hetero) is 1. The Morgan fingerprint density at radius 2 is 1.37 bits per heavy atom. The maximum Gasteiger partial charge on any atom is 0.300 e. The van der Waals surface area contributed by atoms with Crippen molar-refractivity contribution in [3.8, 4) is 0 Å². The second-order valence-electron chi connectivity index (χ2n) is 8.07. The lowest BCUT2D eigenvalue weighted by molar-refractivity contribution is 0.0669. The molecule has 0 heterocycles. The lowest BCUT2D eigenvalue weighted by atomic mass is 9.68. The molecule has 150 valence electrons. The Morgan fingerprint density at radius 3 is 1.81 bits per heavy atom. The van der Waals surface area contributed by atoms with Crippen molar-refractivity contribution in [1.29, 1.82) is 0 Å². The van der Waals surface area contributed by atoms with E-state index in [2.05, 4.69) is 0 Å². The molecule has 2 aliphatic carbocycles. The lowest BCUT2D eigenvalue weighted by Crippen LogP contribution is -2.26. The number of halogens is 5. The molecule has 2 aliphatic rings. The van der Waals surface area contributed by atoms with Crippen LogP contribution < -0.4 is 0 Å². The monoisotopic (exact) mass is 388 g/mol. The van der Waals surface area contributed by atoms with Crippen molar-refractivity contribution >= 4 is 5.78 Å². The first-order chi connectivity index (χ1) is 12.9. The van der Waals surface area contributed by atoms with Crippen LogP contribution in [0.5, 0.6) is 0 Å². The van der Waals surface area contributed by atoms with Crippen LogP contribution in [0.15, 0.2) is 12.1 Å². The van der Waals surface area contributed by atoms with Gasteiger partial charge in [0.15, 0.2) is 0 Å². The van der Waals surface area contributed by atoms with Crippen LogP contribution in [0.25, 0.3) is 0 Å². The fraction of sp³-hybridized carbons (Fsp3) is 0.667. The third-order valence-electron chi connectivity index (χ3n) is 6.53. The molecule has 0 bridgehead atoms. The molecule has 0 aliphatic heterocycles. The van der Waals surface area contributed by atoms with E-state index in [0.717, 1.165) is 63.5 Å². The van der Waals surface area contributed by atoms with Gasteiger partial charge in [0.1, 0.15) is 11.6 Å². The van der Waals surface area contributed by atoms with Crippen LogP contribution in [0, 0.1) is 29.4 Å². The van der Waals surface area contributed by atoms with Crippen molar-refractivity contribution < 1.29 is 26.7 Å². The van der Waals surface area contributed by atoms with Gasteiger partial charge in [0.05, 0.1) is 12.2 Å². The zero-order chi connectivity index (χ0) is 19.6. The molecular formula is C21H25F5O. The Kier molecular flexibility index (Phi) is 6.53. The maximum atomic E-state index is 14.1. The van der Waals surface area contributed by atoms with E-state index in [0.29, 0.717) is 17.4 Å². The average molecular weight is 388 g/mol. The largest absolute Gasteiger partial charge is 0.300 e. The summed E-state index contributed by atoms with van der Waals surface area (Å²) in [6.07, 6.45) is 4.04. The summed E-state index contributed by atoms with van der Waals surface area (Å²) in [5, 5.41) is 0. The number of ketones is 1. The Bertz CT molecular complexity index is 636. The number of alkyl halides is 3. The SMILES string of the molecule is O=C(c1c(F)cc(C2CCC(C3CCC(CF)CC3)CC2)cc1F)C(F)F. The summed E-state index contributed by atoms with van der Waals surface area (Å²) in [5.41, 5.74) is -0.706. The number of hydrogen-bond donors (Lipinski definition) is 0. The minimum absolute atomic E-state index is 0.0249. The molecule has 2 saturated carbocycles. The highest BCUT2D eigenvalue weighted by Gasteiger charge is 2.32. The molecule has 0 N–H and O–H groups in total. The summed E-state index contributed by atoms with van der Waals surface area (Å²) in [6, 6.07) is 2.08. The summed E-state index contributed by atoms with van der Waals surface area (Å²) in [4.78, 5) is 11.3. The first-order valence-electron chi connectivity index (χ1n) is 9.78. The van der Waals surface area contributed by atoms with Gasteiger partial charge in [0.25, 0.3) is 0 Å². The molecule has 0 amide bonds. The van der Waals surface area contributed by atoms with Crippen molar-refractivity contribution in [3.05, 3.63) is 34.9 Å². The molecule has 1 nitrogen and oxygen atoms in total. The molecule has 0 aromatic heterocycles. The van der Waals surface area contributed by atoms with E-state index in [9.17, 15) is 26.7 Å². The minimum Gasteiger partial charge on any atom is -0.287 e. The maximum absolute atomic E-state index is 14.1. The Balaban J connectivity index is 1.62. The van der Waals surface area contributed by atoms with Crippen molar-refractivity contribution in [3.63, 3.8) is 0 Å². The fourth-order valence-corrected chi connectivity index (χ4v) is 4.91. The van der Waals surface area contributed by atoms with E-state index in [1.807, 2.05) is 0 Å². The summed E-state index contributed by atoms with van der Waals surface area (Å²) >= 11 is 0. The molecule has 1 aromatic rings. The van der Waals surface area contributed by atoms with Crippen molar-refractivity contribution in [2.45, 2.75) is 63.7 Å². The fourth-order valence-electron chi connectivity index (χ4n) is 4.91. The number of rotatable bonds is 5. The summed E-state index contributed by atoms with van der Waals surface area (Å²) < 4.78 is 65.9. The lowest BCUT2D eigenvalue weighted by Gasteiger charge is -2.37. The van der Waals surface area contributed by atoms with Gasteiger partial charge < -0.3 is 0 Å². The molecule has 3 rings (SSSR count). The van der Waals surface area contributed by atoms with Gasteiger partial charge in [-0.05, 0) is 92.7 Å². The smallest absolute Gasteiger partial charge is 0.287 e. The average Bonchev–Trinajstić information content (AvgIpc) is 2.67. The molecule has 0 atom stereocenters. The highest BCUT2D eigenvalue weighted by atomic mass is 19.3. The van der Waals surface area contributed by atoms with Crippen LogP contribution in [-0.2, 0) is 0 Å². The standard InChI is InChI=1S/C21H25F5O/c22-11-12-1-3-13(4-2-12)14-5-7-15(8-6-14)16-9-17(23)19(18(24)10-16)20(27)21(25)26/h9-10,12-15,21H,1-8,11H2. The highest BCUT2D eigenvalue weighted by molar-refractivity contribution is 5.99. The van der Waals surface area contributed by atoms with Gasteiger partial charge in [-0.25, -0.2) is 17.6 Å². The van der Waals surface area contributed by atoms with Crippen molar-refractivity contribution in [1.82, 2.24) is 0 Å². The van der Waals surface area contributed by atoms with E-state index in [1.54, 1.807) is 0 Å². The normalized spacial score (nSPS) is 29.1. The molecule has 0 radical (unpaired) electrons. The van der Waals surface area contributed by atoms with E-state index in [4.69, 9.17) is 0 Å². The van der Waals surface area contributed by atoms with Crippen LogP contribution in [-0.4, -0.2) is 18.9 Å². The van der Waals surface area contributed by atoms with Gasteiger partial charge in [-0.15, -0.1) is 0 Å². The zero-order valence-corrected chi connectivity index (χ0v) is 15.2. The predicted molar refractivity (Wildman–Crippen MR) is 92.8 cm³/mol. The van der Waals surface area contributed by atoms with Crippen LogP contribution in [0.3, 0.4) is 0 Å². The van der Waals surface area contributed by atoms with Gasteiger partial charge in [-0.1, -0.05) is 0 Å². The quantitative estimate of drug-likeness (QED) is 0.418. The molecule has 0 unspecified atom stereocenters. The Labute approximate surface area is 156 Å². The second-order valence-corrected chi connectivity index (χ2v) is 8.07. The first kappa shape index (κ1) is 20.3. The van der Waals surface area contributed by atoms with E-state index in [1.165, 1.54) is 0 Å². The molecular weight excluding hydrogens is 363 g/mol. The van der Waals surface area contributed by atoms with Gasteiger partial charge in [-0.3, -0.25) is 9.18 Å².